The molecule has 0 aliphatic rings. The van der Waals surface area contributed by atoms with Gasteiger partial charge in [0.05, 0.1) is 0 Å². The van der Waals surface area contributed by atoms with Gasteiger partial charge in [0.25, 0.3) is 0 Å². The summed E-state index contributed by atoms with van der Waals surface area (Å²) in [6.45, 7) is 3.95. The van der Waals surface area contributed by atoms with Crippen LogP contribution in [0.2, 0.25) is 0 Å². The number of halogens is 1. The third-order valence-corrected chi connectivity index (χ3v) is 2.38. The lowest BCUT2D eigenvalue weighted by Crippen LogP contribution is -2.13. The van der Waals surface area contributed by atoms with E-state index in [0.717, 1.165) is 36.1 Å². The van der Waals surface area contributed by atoms with Crippen LogP contribution in [0.5, 0.6) is 0 Å². The highest BCUT2D eigenvalue weighted by Gasteiger charge is 2.01. The molecule has 0 unspecified atom stereocenters. The Morgan fingerprint density at radius 2 is 2.20 bits per heavy atom. The van der Waals surface area contributed by atoms with E-state index in [4.69, 9.17) is 0 Å². The van der Waals surface area contributed by atoms with Crippen molar-refractivity contribution in [1.29, 1.82) is 0 Å². The predicted octanol–water partition coefficient (Wildman–Crippen LogP) is 2.81. The molecule has 0 saturated carbocycles. The minimum atomic E-state index is -0.186. The van der Waals surface area contributed by atoms with Crippen LogP contribution in [-0.2, 0) is 6.54 Å². The molecule has 3 heteroatoms. The van der Waals surface area contributed by atoms with E-state index < -0.39 is 0 Å². The summed E-state index contributed by atoms with van der Waals surface area (Å²) in [5.41, 5.74) is 2.09. The van der Waals surface area contributed by atoms with Crippen LogP contribution < -0.4 is 5.32 Å². The van der Waals surface area contributed by atoms with Gasteiger partial charge >= 0.3 is 0 Å². The number of rotatable bonds is 4. The number of fused-ring (bicyclic) bond motifs is 1. The number of benzene rings is 1. The summed E-state index contributed by atoms with van der Waals surface area (Å²) in [5.74, 6) is -0.186. The maximum atomic E-state index is 12.9. The van der Waals surface area contributed by atoms with Gasteiger partial charge in [-0.05, 0) is 37.2 Å². The standard InChI is InChI=1S/C12H15FN2/c1-2-5-14-8-11-7-9-6-10(13)3-4-12(9)15-11/h3-4,6-7,14-15H,2,5,8H2,1H3. The third-order valence-electron chi connectivity index (χ3n) is 2.38. The topological polar surface area (TPSA) is 27.8 Å². The molecule has 0 atom stereocenters. The summed E-state index contributed by atoms with van der Waals surface area (Å²) in [6.07, 6.45) is 1.12. The first-order valence-corrected chi connectivity index (χ1v) is 5.27. The van der Waals surface area contributed by atoms with Gasteiger partial charge in [-0.2, -0.15) is 0 Å². The monoisotopic (exact) mass is 206 g/mol. The summed E-state index contributed by atoms with van der Waals surface area (Å²) in [6, 6.07) is 6.78. The molecule has 1 aromatic heterocycles. The molecule has 1 aromatic carbocycles. The van der Waals surface area contributed by atoms with E-state index in [9.17, 15) is 4.39 Å². The molecule has 2 N–H and O–H groups in total. The predicted molar refractivity (Wildman–Crippen MR) is 60.3 cm³/mol. The third kappa shape index (κ3) is 2.36. The van der Waals surface area contributed by atoms with Crippen molar-refractivity contribution < 1.29 is 4.39 Å². The quantitative estimate of drug-likeness (QED) is 0.740. The molecule has 2 rings (SSSR count). The van der Waals surface area contributed by atoms with Crippen LogP contribution in [0.3, 0.4) is 0 Å². The van der Waals surface area contributed by atoms with Crippen molar-refractivity contribution in [3.63, 3.8) is 0 Å². The molecule has 2 aromatic rings. The molecule has 0 spiro atoms. The van der Waals surface area contributed by atoms with E-state index in [1.807, 2.05) is 6.07 Å². The van der Waals surface area contributed by atoms with Crippen molar-refractivity contribution >= 4 is 10.9 Å². The van der Waals surface area contributed by atoms with Crippen molar-refractivity contribution in [2.45, 2.75) is 19.9 Å². The lowest BCUT2D eigenvalue weighted by Gasteiger charge is -1.98. The summed E-state index contributed by atoms with van der Waals surface area (Å²) in [7, 11) is 0. The number of nitrogens with one attached hydrogen (secondary N) is 2. The molecule has 1 heterocycles. The van der Waals surface area contributed by atoms with Gasteiger partial charge in [-0.25, -0.2) is 4.39 Å². The number of aromatic nitrogens is 1. The highest BCUT2D eigenvalue weighted by molar-refractivity contribution is 5.80. The molecule has 0 aliphatic carbocycles. The number of hydrogen-bond acceptors (Lipinski definition) is 1. The van der Waals surface area contributed by atoms with Crippen LogP contribution in [0.1, 0.15) is 19.0 Å². The molecule has 0 fully saturated rings. The number of aromatic amines is 1. The Bertz CT molecular complexity index is 448. The minimum Gasteiger partial charge on any atom is -0.357 e. The van der Waals surface area contributed by atoms with E-state index in [1.54, 1.807) is 12.1 Å². The van der Waals surface area contributed by atoms with E-state index in [-0.39, 0.29) is 5.82 Å². The zero-order valence-corrected chi connectivity index (χ0v) is 8.81. The summed E-state index contributed by atoms with van der Waals surface area (Å²) in [4.78, 5) is 3.25. The summed E-state index contributed by atoms with van der Waals surface area (Å²) < 4.78 is 12.9. The second-order valence-corrected chi connectivity index (χ2v) is 3.70. The molecule has 15 heavy (non-hydrogen) atoms. The Morgan fingerprint density at radius 3 is 3.00 bits per heavy atom. The maximum absolute atomic E-state index is 12.9. The fourth-order valence-corrected chi connectivity index (χ4v) is 1.66. The Balaban J connectivity index is 2.16. The highest BCUT2D eigenvalue weighted by Crippen LogP contribution is 2.16. The molecule has 80 valence electrons. The van der Waals surface area contributed by atoms with Crippen molar-refractivity contribution in [2.75, 3.05) is 6.54 Å². The largest absolute Gasteiger partial charge is 0.357 e. The van der Waals surface area contributed by atoms with Gasteiger partial charge in [0, 0.05) is 23.1 Å². The fraction of sp³-hybridized carbons (Fsp3) is 0.333. The van der Waals surface area contributed by atoms with E-state index in [1.165, 1.54) is 6.07 Å². The second kappa shape index (κ2) is 4.45. The van der Waals surface area contributed by atoms with Crippen molar-refractivity contribution in [1.82, 2.24) is 10.3 Å². The molecule has 2 nitrogen and oxygen atoms in total. The highest BCUT2D eigenvalue weighted by atomic mass is 19.1. The van der Waals surface area contributed by atoms with Crippen molar-refractivity contribution in [2.24, 2.45) is 0 Å². The molecule has 0 aliphatic heterocycles. The first-order valence-electron chi connectivity index (χ1n) is 5.27. The minimum absolute atomic E-state index is 0.186. The molecule has 0 amide bonds. The van der Waals surface area contributed by atoms with Crippen LogP contribution >= 0.6 is 0 Å². The zero-order chi connectivity index (χ0) is 10.7. The number of hydrogen-bond donors (Lipinski definition) is 2. The summed E-state index contributed by atoms with van der Waals surface area (Å²) >= 11 is 0. The van der Waals surface area contributed by atoms with Crippen LogP contribution in [0.15, 0.2) is 24.3 Å². The van der Waals surface area contributed by atoms with Crippen LogP contribution in [0.4, 0.5) is 4.39 Å². The van der Waals surface area contributed by atoms with Gasteiger partial charge in [0.2, 0.25) is 0 Å². The Morgan fingerprint density at radius 1 is 1.33 bits per heavy atom. The Labute approximate surface area is 88.5 Å². The Kier molecular flexibility index (Phi) is 3.02. The van der Waals surface area contributed by atoms with Gasteiger partial charge in [0.1, 0.15) is 5.82 Å². The molecule has 0 saturated heterocycles. The van der Waals surface area contributed by atoms with Crippen LogP contribution in [-0.4, -0.2) is 11.5 Å². The average Bonchev–Trinajstić information content (AvgIpc) is 2.60. The van der Waals surface area contributed by atoms with Gasteiger partial charge in [0.15, 0.2) is 0 Å². The zero-order valence-electron chi connectivity index (χ0n) is 8.81. The molecule has 0 bridgehead atoms. The molecular weight excluding hydrogens is 191 g/mol. The van der Waals surface area contributed by atoms with Gasteiger partial charge in [-0.1, -0.05) is 6.92 Å². The molecular formula is C12H15FN2. The fourth-order valence-electron chi connectivity index (χ4n) is 1.66. The lowest BCUT2D eigenvalue weighted by molar-refractivity contribution is 0.630. The molecule has 0 radical (unpaired) electrons. The van der Waals surface area contributed by atoms with E-state index in [0.29, 0.717) is 0 Å². The lowest BCUT2D eigenvalue weighted by atomic mass is 10.2. The smallest absolute Gasteiger partial charge is 0.123 e. The normalized spacial score (nSPS) is 11.1. The van der Waals surface area contributed by atoms with Crippen molar-refractivity contribution in [3.05, 3.63) is 35.8 Å². The van der Waals surface area contributed by atoms with E-state index in [2.05, 4.69) is 17.2 Å². The second-order valence-electron chi connectivity index (χ2n) is 3.70. The number of H-pyrrole nitrogens is 1. The summed E-state index contributed by atoms with van der Waals surface area (Å²) in [5, 5.41) is 4.24. The van der Waals surface area contributed by atoms with Crippen molar-refractivity contribution in [3.8, 4) is 0 Å². The SMILES string of the molecule is CCCNCc1cc2cc(F)ccc2[nH]1. The van der Waals surface area contributed by atoms with E-state index >= 15 is 0 Å². The first-order chi connectivity index (χ1) is 7.29. The average molecular weight is 206 g/mol. The maximum Gasteiger partial charge on any atom is 0.123 e. The Hall–Kier alpha value is -1.35. The van der Waals surface area contributed by atoms with Crippen LogP contribution in [0, 0.1) is 5.82 Å². The van der Waals surface area contributed by atoms with Gasteiger partial charge < -0.3 is 10.3 Å². The van der Waals surface area contributed by atoms with Crippen LogP contribution in [0.25, 0.3) is 10.9 Å². The first kappa shape index (κ1) is 10.2. The van der Waals surface area contributed by atoms with Gasteiger partial charge in [-0.15, -0.1) is 0 Å². The van der Waals surface area contributed by atoms with Gasteiger partial charge in [-0.3, -0.25) is 0 Å².